The summed E-state index contributed by atoms with van der Waals surface area (Å²) in [5, 5.41) is 0. The highest BCUT2D eigenvalue weighted by atomic mass is 16.1. The Balaban J connectivity index is 2.02. The first-order chi connectivity index (χ1) is 6.23. The molecule has 0 radical (unpaired) electrons. The van der Waals surface area contributed by atoms with E-state index in [1.165, 1.54) is 19.3 Å². The first-order valence-corrected chi connectivity index (χ1v) is 5.45. The van der Waals surface area contributed by atoms with Crippen molar-refractivity contribution in [1.82, 2.24) is 0 Å². The lowest BCUT2D eigenvalue weighted by Crippen LogP contribution is -2.10. The Morgan fingerprint density at radius 3 is 3.08 bits per heavy atom. The molecule has 3 aliphatic rings. The second-order valence-corrected chi connectivity index (χ2v) is 5.10. The Morgan fingerprint density at radius 2 is 2.23 bits per heavy atom. The number of hydrogen-bond donors (Lipinski definition) is 0. The predicted octanol–water partition coefficient (Wildman–Crippen LogP) is 2.71. The third-order valence-corrected chi connectivity index (χ3v) is 4.37. The van der Waals surface area contributed by atoms with Gasteiger partial charge < -0.3 is 0 Å². The number of Topliss-reactive ketones (excluding diaryl/α,β-unsaturated/α-hetero) is 1. The molecule has 0 N–H and O–H groups in total. The van der Waals surface area contributed by atoms with Crippen LogP contribution in [0.3, 0.4) is 0 Å². The van der Waals surface area contributed by atoms with Crippen LogP contribution in [-0.2, 0) is 4.79 Å². The molecule has 0 amide bonds. The Kier molecular flexibility index (Phi) is 1.35. The highest BCUT2D eigenvalue weighted by Crippen LogP contribution is 2.68. The molecule has 0 bridgehead atoms. The zero-order chi connectivity index (χ0) is 9.05. The van der Waals surface area contributed by atoms with Crippen LogP contribution in [0.15, 0.2) is 11.6 Å². The van der Waals surface area contributed by atoms with Crippen LogP contribution in [0.5, 0.6) is 0 Å². The molecule has 0 spiro atoms. The fraction of sp³-hybridized carbons (Fsp3) is 0.750. The Morgan fingerprint density at radius 1 is 1.38 bits per heavy atom. The van der Waals surface area contributed by atoms with Crippen LogP contribution >= 0.6 is 0 Å². The minimum Gasteiger partial charge on any atom is -0.299 e. The van der Waals surface area contributed by atoms with E-state index >= 15 is 0 Å². The fourth-order valence-corrected chi connectivity index (χ4v) is 3.64. The first-order valence-electron chi connectivity index (χ1n) is 5.45. The van der Waals surface area contributed by atoms with E-state index in [2.05, 4.69) is 13.0 Å². The van der Waals surface area contributed by atoms with Gasteiger partial charge in [-0.15, -0.1) is 0 Å². The number of hydrogen-bond acceptors (Lipinski definition) is 1. The second-order valence-electron chi connectivity index (χ2n) is 5.10. The molecule has 3 rings (SSSR count). The van der Waals surface area contributed by atoms with Gasteiger partial charge in [0.25, 0.3) is 0 Å². The highest BCUT2D eigenvalue weighted by Gasteiger charge is 2.65. The molecular weight excluding hydrogens is 160 g/mol. The summed E-state index contributed by atoms with van der Waals surface area (Å²) in [6, 6.07) is 0. The van der Waals surface area contributed by atoms with Gasteiger partial charge in [-0.05, 0) is 37.0 Å². The minimum atomic E-state index is 0.390. The zero-order valence-electron chi connectivity index (χ0n) is 8.18. The van der Waals surface area contributed by atoms with Crippen molar-refractivity contribution in [3.8, 4) is 0 Å². The summed E-state index contributed by atoms with van der Waals surface area (Å²) in [7, 11) is 0. The average Bonchev–Trinajstić information content (AvgIpc) is 2.75. The van der Waals surface area contributed by atoms with Gasteiger partial charge >= 0.3 is 0 Å². The van der Waals surface area contributed by atoms with Crippen LogP contribution in [0.1, 0.15) is 39.0 Å². The fourth-order valence-electron chi connectivity index (χ4n) is 3.64. The quantitative estimate of drug-likeness (QED) is 0.519. The van der Waals surface area contributed by atoms with Crippen molar-refractivity contribution in [3.05, 3.63) is 11.6 Å². The van der Waals surface area contributed by atoms with Gasteiger partial charge in [-0.3, -0.25) is 4.79 Å². The van der Waals surface area contributed by atoms with E-state index in [1.54, 1.807) is 5.57 Å². The Labute approximate surface area is 79.2 Å². The second kappa shape index (κ2) is 2.26. The van der Waals surface area contributed by atoms with Gasteiger partial charge in [-0.25, -0.2) is 0 Å². The molecule has 0 aromatic heterocycles. The summed E-state index contributed by atoms with van der Waals surface area (Å²) < 4.78 is 0. The Hall–Kier alpha value is -0.590. The first kappa shape index (κ1) is 7.78. The molecule has 0 aromatic rings. The molecule has 1 heteroatoms. The van der Waals surface area contributed by atoms with Crippen LogP contribution in [0.2, 0.25) is 0 Å². The van der Waals surface area contributed by atoms with Crippen molar-refractivity contribution in [2.45, 2.75) is 39.0 Å². The topological polar surface area (TPSA) is 17.1 Å². The van der Waals surface area contributed by atoms with Crippen molar-refractivity contribution in [3.63, 3.8) is 0 Å². The number of fused-ring (bicyclic) bond motifs is 1. The largest absolute Gasteiger partial charge is 0.299 e. The lowest BCUT2D eigenvalue weighted by molar-refractivity contribution is -0.121. The smallest absolute Gasteiger partial charge is 0.137 e. The lowest BCUT2D eigenvalue weighted by Gasteiger charge is -2.18. The molecule has 0 heterocycles. The summed E-state index contributed by atoms with van der Waals surface area (Å²) in [6.45, 7) is 2.32. The minimum absolute atomic E-state index is 0.390. The summed E-state index contributed by atoms with van der Waals surface area (Å²) >= 11 is 0. The number of carbonyl (C=O) groups excluding carboxylic acids is 1. The van der Waals surface area contributed by atoms with Gasteiger partial charge in [-0.2, -0.15) is 0 Å². The van der Waals surface area contributed by atoms with E-state index in [4.69, 9.17) is 0 Å². The van der Waals surface area contributed by atoms with Crippen molar-refractivity contribution in [2.75, 3.05) is 0 Å². The number of rotatable bonds is 0. The van der Waals surface area contributed by atoms with Crippen LogP contribution in [-0.4, -0.2) is 5.78 Å². The Bertz CT molecular complexity index is 302. The van der Waals surface area contributed by atoms with Gasteiger partial charge in [0.2, 0.25) is 0 Å². The van der Waals surface area contributed by atoms with Crippen LogP contribution in [0.25, 0.3) is 0 Å². The van der Waals surface area contributed by atoms with Gasteiger partial charge in [0.05, 0.1) is 0 Å². The maximum atomic E-state index is 11.8. The van der Waals surface area contributed by atoms with Gasteiger partial charge in [0, 0.05) is 12.3 Å². The summed E-state index contributed by atoms with van der Waals surface area (Å²) in [6.07, 6.45) is 8.01. The monoisotopic (exact) mass is 176 g/mol. The summed E-state index contributed by atoms with van der Waals surface area (Å²) in [4.78, 5) is 11.8. The van der Waals surface area contributed by atoms with E-state index in [-0.39, 0.29) is 0 Å². The molecule has 2 fully saturated rings. The van der Waals surface area contributed by atoms with Crippen molar-refractivity contribution in [2.24, 2.45) is 17.3 Å². The standard InChI is InChI=1S/C12H16O/c1-12-7-3-5-8-4-2-6-9(13)11(12)10(8)12/h5,10-11H,2-4,6-7H2,1H3. The van der Waals surface area contributed by atoms with Crippen molar-refractivity contribution in [1.29, 1.82) is 0 Å². The number of carbonyl (C=O) groups is 1. The maximum absolute atomic E-state index is 11.8. The molecule has 13 heavy (non-hydrogen) atoms. The highest BCUT2D eigenvalue weighted by molar-refractivity contribution is 5.87. The van der Waals surface area contributed by atoms with Crippen molar-refractivity contribution < 1.29 is 4.79 Å². The van der Waals surface area contributed by atoms with Crippen LogP contribution in [0, 0.1) is 17.3 Å². The van der Waals surface area contributed by atoms with E-state index in [9.17, 15) is 4.79 Å². The van der Waals surface area contributed by atoms with E-state index < -0.39 is 0 Å². The zero-order valence-corrected chi connectivity index (χ0v) is 8.18. The van der Waals surface area contributed by atoms with Gasteiger partial charge in [-0.1, -0.05) is 18.6 Å². The van der Waals surface area contributed by atoms with Gasteiger partial charge in [0.15, 0.2) is 0 Å². The number of ketones is 1. The SMILES string of the molecule is CC12CCC=C3CCCC(=O)C1C32. The molecule has 70 valence electrons. The van der Waals surface area contributed by atoms with E-state index in [1.807, 2.05) is 0 Å². The third-order valence-electron chi connectivity index (χ3n) is 4.37. The van der Waals surface area contributed by atoms with E-state index in [0.717, 1.165) is 12.8 Å². The van der Waals surface area contributed by atoms with Crippen LogP contribution in [0.4, 0.5) is 0 Å². The van der Waals surface area contributed by atoms with E-state index in [0.29, 0.717) is 23.0 Å². The molecule has 0 saturated heterocycles. The average molecular weight is 176 g/mol. The molecule has 3 aliphatic carbocycles. The van der Waals surface area contributed by atoms with Crippen molar-refractivity contribution >= 4 is 5.78 Å². The molecule has 0 aromatic carbocycles. The van der Waals surface area contributed by atoms with Gasteiger partial charge in [0.1, 0.15) is 5.78 Å². The molecule has 1 nitrogen and oxygen atoms in total. The molecule has 0 aliphatic heterocycles. The van der Waals surface area contributed by atoms with Crippen LogP contribution < -0.4 is 0 Å². The molecule has 3 unspecified atom stereocenters. The molecule has 3 atom stereocenters. The third kappa shape index (κ3) is 0.853. The lowest BCUT2D eigenvalue weighted by atomic mass is 9.86. The summed E-state index contributed by atoms with van der Waals surface area (Å²) in [5.41, 5.74) is 2.01. The number of allylic oxidation sites excluding steroid dienone is 2. The predicted molar refractivity (Wildman–Crippen MR) is 51.3 cm³/mol. The molecule has 2 saturated carbocycles. The maximum Gasteiger partial charge on any atom is 0.137 e. The normalized spacial score (nSPS) is 47.8. The molecular formula is C12H16O. The summed E-state index contributed by atoms with van der Waals surface area (Å²) in [5.74, 6) is 1.64.